The summed E-state index contributed by atoms with van der Waals surface area (Å²) >= 11 is 0. The first-order valence-corrected chi connectivity index (χ1v) is 9.58. The molecule has 2 unspecified atom stereocenters. The molecule has 0 radical (unpaired) electrons. The first-order chi connectivity index (χ1) is 13.6. The lowest BCUT2D eigenvalue weighted by atomic mass is 9.91. The lowest BCUT2D eigenvalue weighted by Gasteiger charge is -2.30. The van der Waals surface area contributed by atoms with Crippen LogP contribution in [0.2, 0.25) is 0 Å². The van der Waals surface area contributed by atoms with E-state index in [1.54, 1.807) is 6.20 Å². The highest BCUT2D eigenvalue weighted by atomic mass is 19.1. The Labute approximate surface area is 161 Å². The molecule has 144 valence electrons. The molecular formula is C20H21FN6O. The number of aromatic nitrogens is 3. The maximum absolute atomic E-state index is 15.2. The largest absolute Gasteiger partial charge is 0.363 e. The molecule has 28 heavy (non-hydrogen) atoms. The minimum Gasteiger partial charge on any atom is -0.363 e. The van der Waals surface area contributed by atoms with Gasteiger partial charge in [-0.3, -0.25) is 9.20 Å². The summed E-state index contributed by atoms with van der Waals surface area (Å²) in [6.45, 7) is 0.150. The third-order valence-electron chi connectivity index (χ3n) is 5.69. The number of nitrogens with one attached hydrogen (secondary N) is 2. The van der Waals surface area contributed by atoms with Crippen molar-refractivity contribution in [3.05, 3.63) is 47.5 Å². The Bertz CT molecular complexity index is 1080. The predicted octanol–water partition coefficient (Wildman–Crippen LogP) is 2.46. The van der Waals surface area contributed by atoms with Gasteiger partial charge in [-0.1, -0.05) is 18.9 Å². The zero-order valence-corrected chi connectivity index (χ0v) is 15.3. The van der Waals surface area contributed by atoms with Gasteiger partial charge in [0, 0.05) is 30.4 Å². The molecular weight excluding hydrogens is 359 g/mol. The first kappa shape index (κ1) is 17.1. The van der Waals surface area contributed by atoms with Crippen LogP contribution in [0.1, 0.15) is 41.6 Å². The molecule has 0 saturated heterocycles. The van der Waals surface area contributed by atoms with E-state index < -0.39 is 5.82 Å². The first-order valence-electron chi connectivity index (χ1n) is 9.58. The summed E-state index contributed by atoms with van der Waals surface area (Å²) in [6.07, 6.45) is 7.44. The number of anilines is 1. The highest BCUT2D eigenvalue weighted by Gasteiger charge is 2.32. The summed E-state index contributed by atoms with van der Waals surface area (Å²) in [5.41, 5.74) is 8.66. The number of hydrogen-bond acceptors (Lipinski definition) is 5. The van der Waals surface area contributed by atoms with Crippen LogP contribution >= 0.6 is 0 Å². The molecule has 2 atom stereocenters. The zero-order chi connectivity index (χ0) is 19.3. The lowest BCUT2D eigenvalue weighted by Crippen LogP contribution is -2.43. The van der Waals surface area contributed by atoms with Crippen molar-refractivity contribution in [2.75, 3.05) is 5.32 Å². The number of rotatable bonds is 3. The van der Waals surface area contributed by atoms with Gasteiger partial charge in [-0.2, -0.15) is 0 Å². The van der Waals surface area contributed by atoms with E-state index in [-0.39, 0.29) is 35.9 Å². The van der Waals surface area contributed by atoms with Crippen LogP contribution in [0.15, 0.2) is 30.6 Å². The lowest BCUT2D eigenvalue weighted by molar-refractivity contribution is 0.0966. The van der Waals surface area contributed by atoms with E-state index in [0.717, 1.165) is 31.3 Å². The number of carbonyl (C=O) groups excluding carboxylic acids is 1. The van der Waals surface area contributed by atoms with E-state index in [0.29, 0.717) is 17.0 Å². The minimum absolute atomic E-state index is 0.0334. The van der Waals surface area contributed by atoms with Crippen molar-refractivity contribution in [3.63, 3.8) is 0 Å². The van der Waals surface area contributed by atoms with Gasteiger partial charge in [-0.15, -0.1) is 0 Å². The summed E-state index contributed by atoms with van der Waals surface area (Å²) in [6, 6.07) is 5.56. The molecule has 4 heterocycles. The SMILES string of the molecule is NC1CCCCC1Nc1nc(-c2cnc3ccccn23)c2c(c1F)CNC2=O. The van der Waals surface area contributed by atoms with Crippen molar-refractivity contribution in [2.45, 2.75) is 44.3 Å². The van der Waals surface area contributed by atoms with Gasteiger partial charge >= 0.3 is 0 Å². The number of hydrogen-bond donors (Lipinski definition) is 3. The number of nitrogens with zero attached hydrogens (tertiary/aromatic N) is 3. The fourth-order valence-electron chi connectivity index (χ4n) is 4.18. The second-order valence-corrected chi connectivity index (χ2v) is 7.43. The van der Waals surface area contributed by atoms with Crippen LogP contribution in [0.5, 0.6) is 0 Å². The summed E-state index contributed by atoms with van der Waals surface area (Å²) in [5, 5.41) is 5.93. The normalized spacial score (nSPS) is 21.6. The Hall–Kier alpha value is -3.00. The van der Waals surface area contributed by atoms with Crippen LogP contribution in [0.4, 0.5) is 10.2 Å². The molecule has 0 aromatic carbocycles. The summed E-state index contributed by atoms with van der Waals surface area (Å²) in [4.78, 5) is 21.4. The van der Waals surface area contributed by atoms with E-state index in [1.165, 1.54) is 0 Å². The van der Waals surface area contributed by atoms with Gasteiger partial charge < -0.3 is 16.4 Å². The average molecular weight is 380 g/mol. The molecule has 3 aromatic rings. The third-order valence-corrected chi connectivity index (χ3v) is 5.69. The Morgan fingerprint density at radius 1 is 1.29 bits per heavy atom. The van der Waals surface area contributed by atoms with Crippen LogP contribution in [-0.2, 0) is 6.54 Å². The van der Waals surface area contributed by atoms with Gasteiger partial charge in [-0.25, -0.2) is 14.4 Å². The molecule has 1 saturated carbocycles. The Kier molecular flexibility index (Phi) is 4.01. The van der Waals surface area contributed by atoms with Crippen LogP contribution in [-0.4, -0.2) is 32.4 Å². The fraction of sp³-hybridized carbons (Fsp3) is 0.350. The minimum atomic E-state index is -0.483. The van der Waals surface area contributed by atoms with Crippen LogP contribution < -0.4 is 16.4 Å². The number of halogens is 1. The molecule has 7 nitrogen and oxygen atoms in total. The van der Waals surface area contributed by atoms with Gasteiger partial charge in [0.05, 0.1) is 17.5 Å². The number of amides is 1. The molecule has 1 aliphatic carbocycles. The fourth-order valence-corrected chi connectivity index (χ4v) is 4.18. The summed E-state index contributed by atoms with van der Waals surface area (Å²) in [5.74, 6) is -0.648. The Balaban J connectivity index is 1.66. The van der Waals surface area contributed by atoms with Crippen molar-refractivity contribution in [1.29, 1.82) is 0 Å². The number of nitrogens with two attached hydrogens (primary N) is 1. The smallest absolute Gasteiger partial charge is 0.254 e. The van der Waals surface area contributed by atoms with Gasteiger partial charge in [0.2, 0.25) is 0 Å². The van der Waals surface area contributed by atoms with Crippen molar-refractivity contribution < 1.29 is 9.18 Å². The van der Waals surface area contributed by atoms with Crippen LogP contribution in [0.3, 0.4) is 0 Å². The standard InChI is InChI=1S/C20H21FN6O/c21-17-11-9-24-20(28)16(11)18(14-10-23-15-7-3-4-8-27(14)15)26-19(17)25-13-6-2-1-5-12(13)22/h3-4,7-8,10,12-13H,1-2,5-6,9,22H2,(H,24,28)(H,25,26). The maximum atomic E-state index is 15.2. The molecule has 4 N–H and O–H groups in total. The predicted molar refractivity (Wildman–Crippen MR) is 103 cm³/mol. The number of imidazole rings is 1. The molecule has 5 rings (SSSR count). The highest BCUT2D eigenvalue weighted by Crippen LogP contribution is 2.34. The van der Waals surface area contributed by atoms with E-state index in [1.807, 2.05) is 28.8 Å². The summed E-state index contributed by atoms with van der Waals surface area (Å²) < 4.78 is 17.0. The Morgan fingerprint density at radius 2 is 2.14 bits per heavy atom. The topological polar surface area (TPSA) is 97.3 Å². The van der Waals surface area contributed by atoms with Gasteiger partial charge in [-0.05, 0) is 25.0 Å². The molecule has 1 fully saturated rings. The van der Waals surface area contributed by atoms with E-state index >= 15 is 4.39 Å². The van der Waals surface area contributed by atoms with Crippen molar-refractivity contribution in [3.8, 4) is 11.4 Å². The van der Waals surface area contributed by atoms with Crippen molar-refractivity contribution in [1.82, 2.24) is 19.7 Å². The monoisotopic (exact) mass is 380 g/mol. The summed E-state index contributed by atoms with van der Waals surface area (Å²) in [7, 11) is 0. The number of pyridine rings is 2. The van der Waals surface area contributed by atoms with E-state index in [4.69, 9.17) is 5.73 Å². The Morgan fingerprint density at radius 3 is 3.00 bits per heavy atom. The average Bonchev–Trinajstić information content (AvgIpc) is 3.30. The number of fused-ring (bicyclic) bond motifs is 2. The van der Waals surface area contributed by atoms with Crippen LogP contribution in [0.25, 0.3) is 17.0 Å². The molecule has 0 bridgehead atoms. The van der Waals surface area contributed by atoms with Gasteiger partial charge in [0.1, 0.15) is 11.3 Å². The molecule has 1 aliphatic heterocycles. The second-order valence-electron chi connectivity index (χ2n) is 7.43. The molecule has 2 aliphatic rings. The van der Waals surface area contributed by atoms with E-state index in [2.05, 4.69) is 20.6 Å². The third kappa shape index (κ3) is 2.63. The molecule has 0 spiro atoms. The number of carbonyl (C=O) groups is 1. The van der Waals surface area contributed by atoms with E-state index in [9.17, 15) is 4.79 Å². The molecule has 1 amide bonds. The van der Waals surface area contributed by atoms with Gasteiger partial charge in [0.25, 0.3) is 5.91 Å². The van der Waals surface area contributed by atoms with Crippen molar-refractivity contribution >= 4 is 17.4 Å². The molecule has 8 heteroatoms. The zero-order valence-electron chi connectivity index (χ0n) is 15.3. The van der Waals surface area contributed by atoms with Gasteiger partial charge in [0.15, 0.2) is 11.6 Å². The molecule has 3 aromatic heterocycles. The highest BCUT2D eigenvalue weighted by molar-refractivity contribution is 6.04. The quantitative estimate of drug-likeness (QED) is 0.649. The second kappa shape index (κ2) is 6.56. The van der Waals surface area contributed by atoms with Crippen LogP contribution in [0, 0.1) is 5.82 Å². The van der Waals surface area contributed by atoms with Crippen molar-refractivity contribution in [2.24, 2.45) is 5.73 Å². The maximum Gasteiger partial charge on any atom is 0.254 e.